The lowest BCUT2D eigenvalue weighted by molar-refractivity contribution is -0.131. The highest BCUT2D eigenvalue weighted by atomic mass is 35.5. The molecule has 1 fully saturated rings. The first-order chi connectivity index (χ1) is 16.0. The highest BCUT2D eigenvalue weighted by Gasteiger charge is 2.41. The summed E-state index contributed by atoms with van der Waals surface area (Å²) in [5.74, 6) is -0.162. The molecule has 0 radical (unpaired) electrons. The van der Waals surface area contributed by atoms with Gasteiger partial charge in [0.2, 0.25) is 12.3 Å². The van der Waals surface area contributed by atoms with Gasteiger partial charge in [0.1, 0.15) is 5.54 Å². The van der Waals surface area contributed by atoms with Crippen LogP contribution in [0.5, 0.6) is 0 Å². The molecule has 2 aromatic rings. The average Bonchev–Trinajstić information content (AvgIpc) is 2.83. The molecule has 1 aliphatic rings. The average molecular weight is 469 g/mol. The number of carbonyl (C=O) groups excluding carboxylic acids is 2. The van der Waals surface area contributed by atoms with Gasteiger partial charge >= 0.3 is 0 Å². The van der Waals surface area contributed by atoms with Crippen LogP contribution in [0.25, 0.3) is 16.7 Å². The van der Waals surface area contributed by atoms with Crippen molar-refractivity contribution in [1.29, 1.82) is 5.41 Å². The van der Waals surface area contributed by atoms with Gasteiger partial charge in [-0.1, -0.05) is 35.9 Å². The molecule has 174 valence electrons. The fourth-order valence-corrected chi connectivity index (χ4v) is 4.44. The molecule has 0 spiro atoms. The minimum absolute atomic E-state index is 0.162. The molecule has 1 aromatic carbocycles. The van der Waals surface area contributed by atoms with Crippen molar-refractivity contribution in [3.63, 3.8) is 0 Å². The number of hydrogen-bond acceptors (Lipinski definition) is 6. The smallest absolute Gasteiger partial charge is 0.245 e. The number of hydrogen-bond donors (Lipinski definition) is 4. The summed E-state index contributed by atoms with van der Waals surface area (Å²) >= 11 is 6.60. The minimum atomic E-state index is -0.918. The summed E-state index contributed by atoms with van der Waals surface area (Å²) < 4.78 is 0. The molecule has 0 aliphatic carbocycles. The van der Waals surface area contributed by atoms with Crippen molar-refractivity contribution in [3.8, 4) is 11.1 Å². The molecule has 33 heavy (non-hydrogen) atoms. The van der Waals surface area contributed by atoms with E-state index < -0.39 is 5.54 Å². The van der Waals surface area contributed by atoms with E-state index in [1.807, 2.05) is 31.2 Å². The number of carbonyl (C=O) groups is 2. The van der Waals surface area contributed by atoms with Gasteiger partial charge in [-0.05, 0) is 30.9 Å². The van der Waals surface area contributed by atoms with Crippen LogP contribution in [0.15, 0.2) is 42.9 Å². The van der Waals surface area contributed by atoms with E-state index in [9.17, 15) is 9.59 Å². The number of rotatable bonds is 9. The summed E-state index contributed by atoms with van der Waals surface area (Å²) in [5.41, 5.74) is 3.46. The van der Waals surface area contributed by atoms with Gasteiger partial charge in [0, 0.05) is 62.6 Å². The number of amides is 2. The van der Waals surface area contributed by atoms with Crippen LogP contribution in [0.4, 0.5) is 5.69 Å². The Morgan fingerprint density at radius 2 is 1.94 bits per heavy atom. The molecular formula is C24H29ClN6O2. The molecule has 9 heteroatoms. The monoisotopic (exact) mass is 468 g/mol. The fraction of sp³-hybridized carbons (Fsp3) is 0.333. The van der Waals surface area contributed by atoms with Crippen LogP contribution < -0.4 is 20.9 Å². The number of nitrogens with one attached hydrogen (secondary N) is 4. The maximum atomic E-state index is 12.7. The largest absolute Gasteiger partial charge is 0.393 e. The van der Waals surface area contributed by atoms with E-state index in [2.05, 4.69) is 25.8 Å². The molecule has 0 saturated carbocycles. The van der Waals surface area contributed by atoms with Crippen molar-refractivity contribution in [3.05, 3.63) is 53.4 Å². The number of benzene rings is 1. The Bertz CT molecular complexity index is 1030. The molecule has 0 atom stereocenters. The van der Waals surface area contributed by atoms with Gasteiger partial charge in [0.15, 0.2) is 0 Å². The van der Waals surface area contributed by atoms with Gasteiger partial charge in [-0.15, -0.1) is 0 Å². The lowest BCUT2D eigenvalue weighted by atomic mass is 9.86. The van der Waals surface area contributed by atoms with Crippen LogP contribution in [-0.2, 0) is 9.59 Å². The van der Waals surface area contributed by atoms with Crippen LogP contribution in [-0.4, -0.2) is 55.7 Å². The number of nitrogens with zero attached hydrogens (tertiary/aromatic N) is 2. The van der Waals surface area contributed by atoms with Crippen molar-refractivity contribution in [2.24, 2.45) is 0 Å². The summed E-state index contributed by atoms with van der Waals surface area (Å²) in [5, 5.41) is 16.7. The topological polar surface area (TPSA) is 110 Å². The molecular weight excluding hydrogens is 440 g/mol. The predicted octanol–water partition coefficient (Wildman–Crippen LogP) is 2.83. The molecule has 4 N–H and O–H groups in total. The Kier molecular flexibility index (Phi) is 8.06. The fourth-order valence-electron chi connectivity index (χ4n) is 4.16. The molecule has 0 bridgehead atoms. The highest BCUT2D eigenvalue weighted by Crippen LogP contribution is 2.39. The zero-order valence-corrected chi connectivity index (χ0v) is 19.6. The van der Waals surface area contributed by atoms with Crippen LogP contribution in [0.3, 0.4) is 0 Å². The first kappa shape index (κ1) is 24.3. The molecule has 3 rings (SSSR count). The maximum Gasteiger partial charge on any atom is 0.245 e. The normalized spacial score (nSPS) is 15.5. The second-order valence-electron chi connectivity index (χ2n) is 7.82. The summed E-state index contributed by atoms with van der Waals surface area (Å²) in [7, 11) is 1.80. The Morgan fingerprint density at radius 3 is 2.52 bits per heavy atom. The molecule has 8 nitrogen and oxygen atoms in total. The first-order valence-corrected chi connectivity index (χ1v) is 11.2. The van der Waals surface area contributed by atoms with E-state index in [-0.39, 0.29) is 5.91 Å². The van der Waals surface area contributed by atoms with Crippen LogP contribution >= 0.6 is 11.6 Å². The summed E-state index contributed by atoms with van der Waals surface area (Å²) in [4.78, 5) is 30.3. The second-order valence-corrected chi connectivity index (χ2v) is 8.23. The summed E-state index contributed by atoms with van der Waals surface area (Å²) in [6, 6.07) is 7.88. The quantitative estimate of drug-likeness (QED) is 0.334. The van der Waals surface area contributed by atoms with E-state index in [1.54, 1.807) is 25.6 Å². The van der Waals surface area contributed by atoms with Gasteiger partial charge in [-0.25, -0.2) is 0 Å². The summed E-state index contributed by atoms with van der Waals surface area (Å²) in [6.07, 6.45) is 8.01. The van der Waals surface area contributed by atoms with Crippen LogP contribution in [0.2, 0.25) is 5.02 Å². The Labute approximate surface area is 198 Å². The Hall–Kier alpha value is -3.39. The zero-order valence-electron chi connectivity index (χ0n) is 18.8. The standard InChI is InChI=1S/C24H29ClN6O2/c1-3-29-23(33)24(30-16-32)8-10-31(11-9-24)22-20(14-28-15-21(22)25)18-6-4-17(5-7-18)19(12-26)13-27-2/h4-7,12-16,26-27H,3,8-11H2,1-2H3,(H,29,33)(H,30,32)/b19-13+,26-12?. The molecule has 1 saturated heterocycles. The SMILES string of the molecule is CCNC(=O)C1(NC=O)CCN(c2c(Cl)cncc2-c2ccc(/C(C=N)=C/NC)cc2)CC1. The van der Waals surface area contributed by atoms with Gasteiger partial charge < -0.3 is 26.3 Å². The molecule has 2 heterocycles. The minimum Gasteiger partial charge on any atom is -0.393 e. The number of piperidine rings is 1. The summed E-state index contributed by atoms with van der Waals surface area (Å²) in [6.45, 7) is 3.46. The molecule has 1 aliphatic heterocycles. The predicted molar refractivity (Wildman–Crippen MR) is 133 cm³/mol. The Balaban J connectivity index is 1.89. The lowest BCUT2D eigenvalue weighted by Crippen LogP contribution is -2.61. The number of pyridine rings is 1. The third kappa shape index (κ3) is 5.17. The molecule has 2 amide bonds. The highest BCUT2D eigenvalue weighted by molar-refractivity contribution is 6.33. The number of allylic oxidation sites excluding steroid dienone is 1. The van der Waals surface area contributed by atoms with E-state index in [0.29, 0.717) is 43.9 Å². The van der Waals surface area contributed by atoms with Crippen molar-refractivity contribution < 1.29 is 9.59 Å². The number of aromatic nitrogens is 1. The number of anilines is 1. The van der Waals surface area contributed by atoms with E-state index in [1.165, 1.54) is 6.21 Å². The van der Waals surface area contributed by atoms with E-state index in [0.717, 1.165) is 28.0 Å². The van der Waals surface area contributed by atoms with E-state index in [4.69, 9.17) is 17.0 Å². The van der Waals surface area contributed by atoms with Gasteiger partial charge in [-0.2, -0.15) is 0 Å². The van der Waals surface area contributed by atoms with Crippen molar-refractivity contribution >= 4 is 41.4 Å². The van der Waals surface area contributed by atoms with Gasteiger partial charge in [0.25, 0.3) is 0 Å². The van der Waals surface area contributed by atoms with Crippen LogP contribution in [0.1, 0.15) is 25.3 Å². The second kappa shape index (κ2) is 11.0. The van der Waals surface area contributed by atoms with Crippen molar-refractivity contribution in [1.82, 2.24) is 20.9 Å². The first-order valence-electron chi connectivity index (χ1n) is 10.9. The number of likely N-dealkylation sites (N-methyl/N-ethyl adjacent to an activating group) is 1. The Morgan fingerprint density at radius 1 is 1.24 bits per heavy atom. The van der Waals surface area contributed by atoms with Gasteiger partial charge in [0.05, 0.1) is 10.7 Å². The van der Waals surface area contributed by atoms with Crippen molar-refractivity contribution in [2.45, 2.75) is 25.3 Å². The zero-order chi connectivity index (χ0) is 23.8. The number of halogens is 1. The third-order valence-electron chi connectivity index (χ3n) is 5.90. The molecule has 0 unspecified atom stereocenters. The van der Waals surface area contributed by atoms with Crippen LogP contribution in [0, 0.1) is 5.41 Å². The van der Waals surface area contributed by atoms with E-state index >= 15 is 0 Å². The molecule has 1 aromatic heterocycles. The third-order valence-corrected chi connectivity index (χ3v) is 6.17. The van der Waals surface area contributed by atoms with Crippen molar-refractivity contribution in [2.75, 3.05) is 31.6 Å². The lowest BCUT2D eigenvalue weighted by Gasteiger charge is -2.41. The maximum absolute atomic E-state index is 12.7. The van der Waals surface area contributed by atoms with Gasteiger partial charge in [-0.3, -0.25) is 14.6 Å².